The normalized spacial score (nSPS) is 18.5. The minimum Gasteiger partial charge on any atom is -0.385 e. The largest absolute Gasteiger partial charge is 0.385 e. The highest BCUT2D eigenvalue weighted by atomic mass is 32.1. The SMILES string of the molecule is CCCCCC1(CC(CC=S)(CCOC)C(CCCOC)CCCOCC)COC1. The van der Waals surface area contributed by atoms with E-state index in [1.807, 2.05) is 12.5 Å². The van der Waals surface area contributed by atoms with E-state index < -0.39 is 0 Å². The fraction of sp³-hybridized carbons (Fsp3) is 0.960. The van der Waals surface area contributed by atoms with Crippen LogP contribution in [0.15, 0.2) is 0 Å². The van der Waals surface area contributed by atoms with Gasteiger partial charge in [0.1, 0.15) is 0 Å². The zero-order chi connectivity index (χ0) is 22.1. The van der Waals surface area contributed by atoms with Crippen molar-refractivity contribution in [2.75, 3.05) is 53.9 Å². The van der Waals surface area contributed by atoms with E-state index in [-0.39, 0.29) is 5.41 Å². The monoisotopic (exact) mass is 444 g/mol. The molecule has 5 heteroatoms. The molecule has 1 rings (SSSR count). The van der Waals surface area contributed by atoms with Crippen LogP contribution in [0.3, 0.4) is 0 Å². The van der Waals surface area contributed by atoms with Crippen molar-refractivity contribution in [3.63, 3.8) is 0 Å². The van der Waals surface area contributed by atoms with Gasteiger partial charge in [0, 0.05) is 46.1 Å². The summed E-state index contributed by atoms with van der Waals surface area (Å²) in [6.07, 6.45) is 13.0. The van der Waals surface area contributed by atoms with E-state index >= 15 is 0 Å². The molecule has 0 spiro atoms. The first-order valence-corrected chi connectivity index (χ1v) is 12.7. The van der Waals surface area contributed by atoms with Gasteiger partial charge in [-0.2, -0.15) is 0 Å². The average Bonchev–Trinajstić information content (AvgIpc) is 2.72. The molecule has 2 unspecified atom stereocenters. The molecular formula is C25H48O4S. The van der Waals surface area contributed by atoms with Crippen molar-refractivity contribution in [2.24, 2.45) is 16.7 Å². The summed E-state index contributed by atoms with van der Waals surface area (Å²) < 4.78 is 22.4. The molecule has 0 aromatic rings. The number of rotatable bonds is 21. The van der Waals surface area contributed by atoms with Gasteiger partial charge in [0.25, 0.3) is 0 Å². The summed E-state index contributed by atoms with van der Waals surface area (Å²) in [5.41, 5.74) is 0.494. The molecule has 0 saturated carbocycles. The summed E-state index contributed by atoms with van der Waals surface area (Å²) in [5, 5.41) is 1.99. The van der Waals surface area contributed by atoms with E-state index in [0.717, 1.165) is 65.3 Å². The summed E-state index contributed by atoms with van der Waals surface area (Å²) in [6, 6.07) is 0. The molecule has 30 heavy (non-hydrogen) atoms. The maximum atomic E-state index is 5.78. The lowest BCUT2D eigenvalue weighted by Crippen LogP contribution is -2.49. The van der Waals surface area contributed by atoms with Crippen LogP contribution in [0.2, 0.25) is 0 Å². The highest BCUT2D eigenvalue weighted by Crippen LogP contribution is 2.52. The van der Waals surface area contributed by atoms with Gasteiger partial charge in [-0.25, -0.2) is 0 Å². The molecule has 1 saturated heterocycles. The molecule has 0 radical (unpaired) electrons. The van der Waals surface area contributed by atoms with Gasteiger partial charge in [0.15, 0.2) is 0 Å². The molecule has 1 heterocycles. The summed E-state index contributed by atoms with van der Waals surface area (Å²) in [5.74, 6) is 0.603. The van der Waals surface area contributed by atoms with E-state index in [4.69, 9.17) is 31.2 Å². The molecule has 1 aliphatic heterocycles. The van der Waals surface area contributed by atoms with Crippen molar-refractivity contribution < 1.29 is 18.9 Å². The molecule has 0 aliphatic carbocycles. The Morgan fingerprint density at radius 2 is 1.70 bits per heavy atom. The topological polar surface area (TPSA) is 36.9 Å². The van der Waals surface area contributed by atoms with Crippen molar-refractivity contribution in [2.45, 2.75) is 84.5 Å². The molecule has 0 amide bonds. The predicted octanol–water partition coefficient (Wildman–Crippen LogP) is 6.25. The Labute approximate surface area is 191 Å². The van der Waals surface area contributed by atoms with Crippen LogP contribution in [-0.4, -0.2) is 59.2 Å². The lowest BCUT2D eigenvalue weighted by Gasteiger charge is -2.51. The molecule has 1 fully saturated rings. The second kappa shape index (κ2) is 16.5. The number of thiocarbonyl (C=S) groups is 1. The highest BCUT2D eigenvalue weighted by Gasteiger charge is 2.48. The van der Waals surface area contributed by atoms with Crippen LogP contribution in [0, 0.1) is 16.7 Å². The molecule has 4 nitrogen and oxygen atoms in total. The number of methoxy groups -OCH3 is 2. The van der Waals surface area contributed by atoms with E-state index in [2.05, 4.69) is 13.8 Å². The van der Waals surface area contributed by atoms with Crippen LogP contribution in [-0.2, 0) is 18.9 Å². The highest BCUT2D eigenvalue weighted by molar-refractivity contribution is 7.78. The maximum Gasteiger partial charge on any atom is 0.0545 e. The Bertz CT molecular complexity index is 427. The van der Waals surface area contributed by atoms with E-state index in [1.165, 1.54) is 44.9 Å². The molecule has 0 aromatic carbocycles. The van der Waals surface area contributed by atoms with Gasteiger partial charge in [-0.05, 0) is 75.0 Å². The Balaban J connectivity index is 3.05. The third-order valence-corrected chi connectivity index (χ3v) is 7.13. The van der Waals surface area contributed by atoms with Crippen molar-refractivity contribution >= 4 is 17.6 Å². The third-order valence-electron chi connectivity index (χ3n) is 6.96. The number of unbranched alkanes of at least 4 members (excludes halogenated alkanes) is 2. The Morgan fingerprint density at radius 3 is 2.23 bits per heavy atom. The smallest absolute Gasteiger partial charge is 0.0545 e. The second-order valence-electron chi connectivity index (χ2n) is 9.27. The molecular weight excluding hydrogens is 396 g/mol. The van der Waals surface area contributed by atoms with Crippen LogP contribution < -0.4 is 0 Å². The summed E-state index contributed by atoms with van der Waals surface area (Å²) >= 11 is 5.46. The van der Waals surface area contributed by atoms with Gasteiger partial charge >= 0.3 is 0 Å². The van der Waals surface area contributed by atoms with Crippen LogP contribution in [0.25, 0.3) is 0 Å². The van der Waals surface area contributed by atoms with Crippen LogP contribution >= 0.6 is 12.2 Å². The first-order chi connectivity index (χ1) is 14.6. The van der Waals surface area contributed by atoms with Crippen molar-refractivity contribution in [1.29, 1.82) is 0 Å². The molecule has 0 aromatic heterocycles. The molecule has 1 aliphatic rings. The Kier molecular flexibility index (Phi) is 15.4. The fourth-order valence-corrected chi connectivity index (χ4v) is 5.61. The lowest BCUT2D eigenvalue weighted by molar-refractivity contribution is -0.150. The van der Waals surface area contributed by atoms with Crippen LogP contribution in [0.1, 0.15) is 84.5 Å². The maximum absolute atomic E-state index is 5.78. The van der Waals surface area contributed by atoms with E-state index in [9.17, 15) is 0 Å². The zero-order valence-electron chi connectivity index (χ0n) is 20.2. The van der Waals surface area contributed by atoms with Gasteiger partial charge in [0.2, 0.25) is 0 Å². The van der Waals surface area contributed by atoms with Gasteiger partial charge < -0.3 is 18.9 Å². The zero-order valence-corrected chi connectivity index (χ0v) is 21.0. The molecule has 0 bridgehead atoms. The van der Waals surface area contributed by atoms with Gasteiger partial charge in [-0.3, -0.25) is 0 Å². The van der Waals surface area contributed by atoms with E-state index in [0.29, 0.717) is 11.3 Å². The summed E-state index contributed by atoms with van der Waals surface area (Å²) in [4.78, 5) is 0. The number of ether oxygens (including phenoxy) is 4. The van der Waals surface area contributed by atoms with E-state index in [1.54, 1.807) is 7.11 Å². The first-order valence-electron chi connectivity index (χ1n) is 12.2. The minimum absolute atomic E-state index is 0.174. The number of hydrogen-bond donors (Lipinski definition) is 0. The van der Waals surface area contributed by atoms with Crippen molar-refractivity contribution in [3.8, 4) is 0 Å². The lowest BCUT2D eigenvalue weighted by atomic mass is 9.58. The van der Waals surface area contributed by atoms with Crippen LogP contribution in [0.5, 0.6) is 0 Å². The molecule has 178 valence electrons. The van der Waals surface area contributed by atoms with Gasteiger partial charge in [-0.15, -0.1) is 0 Å². The first kappa shape index (κ1) is 28.0. The Hall–Kier alpha value is -0.0700. The van der Waals surface area contributed by atoms with Gasteiger partial charge in [0.05, 0.1) is 13.2 Å². The van der Waals surface area contributed by atoms with Crippen molar-refractivity contribution in [3.05, 3.63) is 0 Å². The number of hydrogen-bond acceptors (Lipinski definition) is 5. The summed E-state index contributed by atoms with van der Waals surface area (Å²) in [6.45, 7) is 9.43. The quantitative estimate of drug-likeness (QED) is 0.155. The predicted molar refractivity (Wildman–Crippen MR) is 130 cm³/mol. The Morgan fingerprint density at radius 1 is 1.00 bits per heavy atom. The van der Waals surface area contributed by atoms with Crippen molar-refractivity contribution in [1.82, 2.24) is 0 Å². The standard InChI is InChI=1S/C25H48O4S/c1-5-7-8-13-24(21-29-22-24)20-25(15-19-30,14-18-27-4)23(11-9-16-26-3)12-10-17-28-6-2/h19,23H,5-18,20-22H2,1-4H3. The van der Waals surface area contributed by atoms with Crippen LogP contribution in [0.4, 0.5) is 0 Å². The fourth-order valence-electron chi connectivity index (χ4n) is 5.28. The molecule has 0 N–H and O–H groups in total. The minimum atomic E-state index is 0.174. The third kappa shape index (κ3) is 9.60. The molecule has 2 atom stereocenters. The van der Waals surface area contributed by atoms with Gasteiger partial charge in [-0.1, -0.05) is 38.4 Å². The second-order valence-corrected chi connectivity index (χ2v) is 9.61. The summed E-state index contributed by atoms with van der Waals surface area (Å²) in [7, 11) is 3.62. The average molecular weight is 445 g/mol.